The van der Waals surface area contributed by atoms with Crippen LogP contribution in [0.25, 0.3) is 0 Å². The Labute approximate surface area is 205 Å². The van der Waals surface area contributed by atoms with Gasteiger partial charge in [0, 0.05) is 31.5 Å². The van der Waals surface area contributed by atoms with Crippen molar-refractivity contribution in [3.05, 3.63) is 40.6 Å². The molecule has 2 heterocycles. The number of carbonyl (C=O) groups excluding carboxylic acids is 3. The molecule has 10 nitrogen and oxygen atoms in total. The first-order chi connectivity index (χ1) is 16.9. The summed E-state index contributed by atoms with van der Waals surface area (Å²) in [5, 5.41) is 5.66. The average molecular weight is 490 g/mol. The number of piperidine rings is 1. The number of esters is 2. The maximum absolute atomic E-state index is 13.1. The fourth-order valence-corrected chi connectivity index (χ4v) is 4.56. The summed E-state index contributed by atoms with van der Waals surface area (Å²) in [5.74, 6) is -0.311. The molecule has 1 aromatic carbocycles. The number of benzene rings is 1. The minimum atomic E-state index is -0.718. The van der Waals surface area contributed by atoms with E-state index in [1.807, 2.05) is 12.1 Å². The third-order valence-corrected chi connectivity index (χ3v) is 6.09. The number of hydrogen-bond donors (Lipinski definition) is 2. The van der Waals surface area contributed by atoms with Crippen molar-refractivity contribution >= 4 is 18.0 Å². The highest BCUT2D eigenvalue weighted by molar-refractivity contribution is 5.95. The molecule has 2 aliphatic rings. The Hall–Kier alpha value is -3.11. The molecular formula is C25H35N3O7. The molecule has 0 spiro atoms. The Balaban J connectivity index is 1.96. The van der Waals surface area contributed by atoms with Crippen molar-refractivity contribution in [1.82, 2.24) is 15.5 Å². The number of hydrogen-bond acceptors (Lipinski definition) is 8. The molecule has 2 atom stereocenters. The Morgan fingerprint density at radius 3 is 2.60 bits per heavy atom. The van der Waals surface area contributed by atoms with Crippen LogP contribution in [0.2, 0.25) is 0 Å². The van der Waals surface area contributed by atoms with Gasteiger partial charge >= 0.3 is 18.0 Å². The van der Waals surface area contributed by atoms with Crippen molar-refractivity contribution in [3.63, 3.8) is 0 Å². The Bertz CT molecular complexity index is 962. The van der Waals surface area contributed by atoms with Gasteiger partial charge in [-0.15, -0.1) is 0 Å². The van der Waals surface area contributed by atoms with E-state index >= 15 is 0 Å². The molecular weight excluding hydrogens is 454 g/mol. The van der Waals surface area contributed by atoms with Crippen molar-refractivity contribution in [2.45, 2.75) is 39.3 Å². The van der Waals surface area contributed by atoms with Gasteiger partial charge in [-0.2, -0.15) is 0 Å². The van der Waals surface area contributed by atoms with Gasteiger partial charge in [0.2, 0.25) is 0 Å². The standard InChI is InChI=1S/C25H35N3O7/c1-5-34-23(29)17-8-7-11-28(13-17)14-19-21(24(30)35-6-2)22(27-25(31)26-19)16-9-10-20(33-4)18(12-16)15-32-3/h9-10,12,17,22H,5-8,11,13-15H2,1-4H3,(H2,26,27,31). The second-order valence-electron chi connectivity index (χ2n) is 8.47. The average Bonchev–Trinajstić information content (AvgIpc) is 2.84. The van der Waals surface area contributed by atoms with E-state index in [-0.39, 0.29) is 18.5 Å². The van der Waals surface area contributed by atoms with Crippen LogP contribution in [0.5, 0.6) is 5.75 Å². The number of amides is 2. The van der Waals surface area contributed by atoms with Gasteiger partial charge in [0.25, 0.3) is 0 Å². The molecule has 2 aliphatic heterocycles. The third kappa shape index (κ3) is 6.52. The van der Waals surface area contributed by atoms with E-state index in [4.69, 9.17) is 18.9 Å². The third-order valence-electron chi connectivity index (χ3n) is 6.09. The van der Waals surface area contributed by atoms with Gasteiger partial charge in [-0.1, -0.05) is 6.07 Å². The summed E-state index contributed by atoms with van der Waals surface area (Å²) in [7, 11) is 3.16. The maximum atomic E-state index is 13.1. The highest BCUT2D eigenvalue weighted by Crippen LogP contribution is 2.32. The number of carbonyl (C=O) groups is 3. The summed E-state index contributed by atoms with van der Waals surface area (Å²) >= 11 is 0. The van der Waals surface area contributed by atoms with Crippen molar-refractivity contribution in [1.29, 1.82) is 0 Å². The van der Waals surface area contributed by atoms with E-state index in [1.54, 1.807) is 34.1 Å². The molecule has 1 aromatic rings. The Morgan fingerprint density at radius 1 is 1.14 bits per heavy atom. The van der Waals surface area contributed by atoms with E-state index in [0.29, 0.717) is 48.9 Å². The summed E-state index contributed by atoms with van der Waals surface area (Å²) in [6.07, 6.45) is 1.57. The van der Waals surface area contributed by atoms with Crippen molar-refractivity contribution in [3.8, 4) is 5.75 Å². The first-order valence-electron chi connectivity index (χ1n) is 11.9. The maximum Gasteiger partial charge on any atom is 0.338 e. The molecule has 0 saturated carbocycles. The van der Waals surface area contributed by atoms with E-state index < -0.39 is 18.0 Å². The number of urea groups is 1. The number of methoxy groups -OCH3 is 2. The molecule has 192 valence electrons. The van der Waals surface area contributed by atoms with Crippen LogP contribution < -0.4 is 15.4 Å². The van der Waals surface area contributed by atoms with Gasteiger partial charge in [-0.25, -0.2) is 9.59 Å². The van der Waals surface area contributed by atoms with Crippen LogP contribution in [-0.4, -0.2) is 69.9 Å². The lowest BCUT2D eigenvalue weighted by molar-refractivity contribution is -0.150. The fraction of sp³-hybridized carbons (Fsp3) is 0.560. The molecule has 2 N–H and O–H groups in total. The van der Waals surface area contributed by atoms with Gasteiger partial charge in [-0.05, 0) is 50.9 Å². The SMILES string of the molecule is CCOC(=O)C1=C(CN2CCCC(C(=O)OCC)C2)NC(=O)NC1c1ccc(OC)c(COC)c1. The molecule has 0 bridgehead atoms. The second kappa shape index (κ2) is 12.6. The zero-order chi connectivity index (χ0) is 25.4. The van der Waals surface area contributed by atoms with Crippen LogP contribution in [-0.2, 0) is 30.4 Å². The van der Waals surface area contributed by atoms with Gasteiger partial charge < -0.3 is 29.6 Å². The van der Waals surface area contributed by atoms with Gasteiger partial charge in [-0.3, -0.25) is 9.69 Å². The smallest absolute Gasteiger partial charge is 0.338 e. The zero-order valence-electron chi connectivity index (χ0n) is 20.8. The number of nitrogens with zero attached hydrogens (tertiary/aromatic N) is 1. The van der Waals surface area contributed by atoms with Crippen molar-refractivity contribution in [2.75, 3.05) is 47.1 Å². The predicted molar refractivity (Wildman–Crippen MR) is 128 cm³/mol. The highest BCUT2D eigenvalue weighted by atomic mass is 16.5. The van der Waals surface area contributed by atoms with Gasteiger partial charge in [0.05, 0.1) is 44.5 Å². The lowest BCUT2D eigenvalue weighted by atomic mass is 9.92. The molecule has 0 aliphatic carbocycles. The summed E-state index contributed by atoms with van der Waals surface area (Å²) in [6.45, 7) is 5.90. The first-order valence-corrected chi connectivity index (χ1v) is 11.9. The van der Waals surface area contributed by atoms with Crippen LogP contribution in [0, 0.1) is 5.92 Å². The molecule has 0 radical (unpaired) electrons. The monoisotopic (exact) mass is 489 g/mol. The Kier molecular flexibility index (Phi) is 9.50. The Morgan fingerprint density at radius 2 is 1.91 bits per heavy atom. The van der Waals surface area contributed by atoms with Crippen LogP contribution in [0.15, 0.2) is 29.5 Å². The first kappa shape index (κ1) is 26.5. The normalized spacial score (nSPS) is 20.6. The van der Waals surface area contributed by atoms with Gasteiger partial charge in [0.1, 0.15) is 5.75 Å². The topological polar surface area (TPSA) is 115 Å². The van der Waals surface area contributed by atoms with Crippen LogP contribution >= 0.6 is 0 Å². The van der Waals surface area contributed by atoms with Crippen molar-refractivity contribution in [2.24, 2.45) is 5.92 Å². The van der Waals surface area contributed by atoms with Crippen LogP contribution in [0.4, 0.5) is 4.79 Å². The van der Waals surface area contributed by atoms with E-state index in [1.165, 1.54) is 0 Å². The lowest BCUT2D eigenvalue weighted by Crippen LogP contribution is -2.50. The van der Waals surface area contributed by atoms with E-state index in [2.05, 4.69) is 15.5 Å². The van der Waals surface area contributed by atoms with Gasteiger partial charge in [0.15, 0.2) is 0 Å². The van der Waals surface area contributed by atoms with Crippen LogP contribution in [0.1, 0.15) is 43.9 Å². The largest absolute Gasteiger partial charge is 0.496 e. The predicted octanol–water partition coefficient (Wildman–Crippen LogP) is 2.29. The summed E-state index contributed by atoms with van der Waals surface area (Å²) in [4.78, 5) is 40.1. The number of likely N-dealkylation sites (tertiary alicyclic amines) is 1. The molecule has 2 amide bonds. The molecule has 0 aromatic heterocycles. The summed E-state index contributed by atoms with van der Waals surface area (Å²) in [5.41, 5.74) is 2.29. The number of ether oxygens (including phenoxy) is 4. The lowest BCUT2D eigenvalue weighted by Gasteiger charge is -2.35. The molecule has 1 saturated heterocycles. The summed E-state index contributed by atoms with van der Waals surface area (Å²) in [6, 6.07) is 4.32. The highest BCUT2D eigenvalue weighted by Gasteiger charge is 2.36. The minimum absolute atomic E-state index is 0.197. The van der Waals surface area contributed by atoms with Crippen LogP contribution in [0.3, 0.4) is 0 Å². The molecule has 1 fully saturated rings. The molecule has 10 heteroatoms. The molecule has 35 heavy (non-hydrogen) atoms. The zero-order valence-corrected chi connectivity index (χ0v) is 20.8. The number of nitrogens with one attached hydrogen (secondary N) is 2. The fourth-order valence-electron chi connectivity index (χ4n) is 4.56. The van der Waals surface area contributed by atoms with Crippen molar-refractivity contribution < 1.29 is 33.3 Å². The number of rotatable bonds is 10. The van der Waals surface area contributed by atoms with E-state index in [0.717, 1.165) is 24.9 Å². The minimum Gasteiger partial charge on any atom is -0.496 e. The van der Waals surface area contributed by atoms with E-state index in [9.17, 15) is 14.4 Å². The second-order valence-corrected chi connectivity index (χ2v) is 8.47. The molecule has 2 unspecified atom stereocenters. The molecule has 3 rings (SSSR count). The summed E-state index contributed by atoms with van der Waals surface area (Å²) < 4.78 is 21.3. The quantitative estimate of drug-likeness (QED) is 0.481.